The molecule has 0 N–H and O–H groups in total. The highest BCUT2D eigenvalue weighted by Crippen LogP contribution is 2.37. The number of hydrogen-bond acceptors (Lipinski definition) is 3. The Hall–Kier alpha value is -0.570. The molecule has 0 aromatic carbocycles. The third-order valence-corrected chi connectivity index (χ3v) is 3.26. The van der Waals surface area contributed by atoms with Crippen LogP contribution in [0.1, 0.15) is 41.5 Å². The minimum Gasteiger partial charge on any atom is -0.465 e. The van der Waals surface area contributed by atoms with E-state index in [1.165, 1.54) is 0 Å². The second-order valence-electron chi connectivity index (χ2n) is 4.71. The Morgan fingerprint density at radius 1 is 1.06 bits per heavy atom. The highest BCUT2D eigenvalue weighted by molar-refractivity contribution is 5.77. The fourth-order valence-corrected chi connectivity index (χ4v) is 2.07. The molecule has 0 unspecified atom stereocenters. The van der Waals surface area contributed by atoms with Crippen molar-refractivity contribution < 1.29 is 14.3 Å². The number of rotatable bonds is 7. The van der Waals surface area contributed by atoms with Crippen molar-refractivity contribution in [3.8, 4) is 0 Å². The molecule has 3 nitrogen and oxygen atoms in total. The largest absolute Gasteiger partial charge is 0.465 e. The summed E-state index contributed by atoms with van der Waals surface area (Å²) in [5.41, 5.74) is -0.522. The van der Waals surface area contributed by atoms with Crippen LogP contribution in [0.25, 0.3) is 0 Å². The molecule has 0 atom stereocenters. The lowest BCUT2D eigenvalue weighted by Gasteiger charge is -2.38. The minimum absolute atomic E-state index is 0.131. The van der Waals surface area contributed by atoms with Crippen molar-refractivity contribution in [3.05, 3.63) is 0 Å². The van der Waals surface area contributed by atoms with Crippen molar-refractivity contribution in [2.24, 2.45) is 17.3 Å². The summed E-state index contributed by atoms with van der Waals surface area (Å²) in [6.45, 7) is 13.5. The maximum Gasteiger partial charge on any atom is 0.314 e. The number of carbonyl (C=O) groups is 1. The van der Waals surface area contributed by atoms with Crippen LogP contribution in [-0.4, -0.2) is 25.8 Å². The van der Waals surface area contributed by atoms with E-state index in [9.17, 15) is 4.79 Å². The maximum absolute atomic E-state index is 12.2. The van der Waals surface area contributed by atoms with Crippen LogP contribution in [0.5, 0.6) is 0 Å². The predicted molar refractivity (Wildman–Crippen MR) is 65.2 cm³/mol. The van der Waals surface area contributed by atoms with E-state index >= 15 is 0 Å². The van der Waals surface area contributed by atoms with Gasteiger partial charge in [0.15, 0.2) is 0 Å². The molecule has 0 rings (SSSR count). The molecular formula is C13H26O3. The highest BCUT2D eigenvalue weighted by Gasteiger charge is 2.46. The van der Waals surface area contributed by atoms with Crippen LogP contribution in [0.15, 0.2) is 0 Å². The molecule has 0 bridgehead atoms. The monoisotopic (exact) mass is 230 g/mol. The lowest BCUT2D eigenvalue weighted by atomic mass is 9.69. The summed E-state index contributed by atoms with van der Waals surface area (Å²) >= 11 is 0. The van der Waals surface area contributed by atoms with Gasteiger partial charge in [0.1, 0.15) is 0 Å². The summed E-state index contributed by atoms with van der Waals surface area (Å²) in [5, 5.41) is 0. The van der Waals surface area contributed by atoms with Crippen molar-refractivity contribution in [2.45, 2.75) is 41.5 Å². The molecule has 0 aliphatic rings. The molecule has 96 valence electrons. The van der Waals surface area contributed by atoms with Gasteiger partial charge in [-0.25, -0.2) is 0 Å². The molecule has 0 aliphatic carbocycles. The zero-order valence-electron chi connectivity index (χ0n) is 11.5. The van der Waals surface area contributed by atoms with E-state index in [-0.39, 0.29) is 17.8 Å². The van der Waals surface area contributed by atoms with E-state index in [4.69, 9.17) is 9.47 Å². The summed E-state index contributed by atoms with van der Waals surface area (Å²) in [4.78, 5) is 12.2. The predicted octanol–water partition coefficient (Wildman–Crippen LogP) is 2.88. The number of carbonyl (C=O) groups excluding carboxylic acids is 1. The molecule has 0 aromatic rings. The molecule has 0 aromatic heterocycles. The summed E-state index contributed by atoms with van der Waals surface area (Å²) in [6.07, 6.45) is 0. The molecule has 0 fully saturated rings. The van der Waals surface area contributed by atoms with Gasteiger partial charge in [-0.3, -0.25) is 4.79 Å². The van der Waals surface area contributed by atoms with Gasteiger partial charge < -0.3 is 9.47 Å². The molecule has 0 radical (unpaired) electrons. The van der Waals surface area contributed by atoms with Gasteiger partial charge in [0.2, 0.25) is 0 Å². The third kappa shape index (κ3) is 3.21. The van der Waals surface area contributed by atoms with E-state index in [0.29, 0.717) is 19.8 Å². The van der Waals surface area contributed by atoms with Gasteiger partial charge in [-0.2, -0.15) is 0 Å². The lowest BCUT2D eigenvalue weighted by molar-refractivity contribution is -0.168. The van der Waals surface area contributed by atoms with Gasteiger partial charge in [-0.15, -0.1) is 0 Å². The zero-order chi connectivity index (χ0) is 12.8. The second-order valence-corrected chi connectivity index (χ2v) is 4.71. The molecule has 0 saturated heterocycles. The average molecular weight is 230 g/mol. The first-order valence-corrected chi connectivity index (χ1v) is 6.18. The van der Waals surface area contributed by atoms with Crippen LogP contribution < -0.4 is 0 Å². The highest BCUT2D eigenvalue weighted by atomic mass is 16.5. The molecule has 0 saturated carbocycles. The first-order valence-electron chi connectivity index (χ1n) is 6.18. The van der Waals surface area contributed by atoms with Crippen LogP contribution in [-0.2, 0) is 14.3 Å². The Balaban J connectivity index is 5.00. The van der Waals surface area contributed by atoms with E-state index in [1.807, 2.05) is 13.8 Å². The summed E-state index contributed by atoms with van der Waals surface area (Å²) in [6, 6.07) is 0. The number of hydrogen-bond donors (Lipinski definition) is 0. The first kappa shape index (κ1) is 15.4. The molecule has 0 amide bonds. The Morgan fingerprint density at radius 3 is 1.88 bits per heavy atom. The second kappa shape index (κ2) is 6.89. The lowest BCUT2D eigenvalue weighted by Crippen LogP contribution is -2.46. The van der Waals surface area contributed by atoms with E-state index in [0.717, 1.165) is 0 Å². The molecule has 3 heteroatoms. The molecule has 0 spiro atoms. The summed E-state index contributed by atoms with van der Waals surface area (Å²) in [5.74, 6) is 0.282. The van der Waals surface area contributed by atoms with Gasteiger partial charge in [-0.1, -0.05) is 27.7 Å². The first-order chi connectivity index (χ1) is 7.43. The van der Waals surface area contributed by atoms with Gasteiger partial charge in [0, 0.05) is 6.61 Å². The van der Waals surface area contributed by atoms with Crippen LogP contribution in [0.2, 0.25) is 0 Å². The van der Waals surface area contributed by atoms with Crippen LogP contribution >= 0.6 is 0 Å². The Kier molecular flexibility index (Phi) is 6.65. The Bertz CT molecular complexity index is 201. The Labute approximate surface area is 99.5 Å². The minimum atomic E-state index is -0.522. The van der Waals surface area contributed by atoms with Gasteiger partial charge in [0.05, 0.1) is 18.6 Å². The maximum atomic E-state index is 12.2. The molecule has 16 heavy (non-hydrogen) atoms. The van der Waals surface area contributed by atoms with Crippen LogP contribution in [0, 0.1) is 17.3 Å². The summed E-state index contributed by atoms with van der Waals surface area (Å²) < 4.78 is 10.7. The van der Waals surface area contributed by atoms with Gasteiger partial charge in [0.25, 0.3) is 0 Å². The van der Waals surface area contributed by atoms with Crippen molar-refractivity contribution in [1.82, 2.24) is 0 Å². The van der Waals surface area contributed by atoms with E-state index in [2.05, 4.69) is 27.7 Å². The molecular weight excluding hydrogens is 204 g/mol. The smallest absolute Gasteiger partial charge is 0.314 e. The van der Waals surface area contributed by atoms with Crippen LogP contribution in [0.3, 0.4) is 0 Å². The average Bonchev–Trinajstić information content (AvgIpc) is 2.18. The SMILES string of the molecule is CCOCC(C(=O)OCC)(C(C)C)C(C)C. The Morgan fingerprint density at radius 2 is 1.56 bits per heavy atom. The van der Waals surface area contributed by atoms with Gasteiger partial charge in [-0.05, 0) is 25.7 Å². The topological polar surface area (TPSA) is 35.5 Å². The van der Waals surface area contributed by atoms with Crippen molar-refractivity contribution >= 4 is 5.97 Å². The quantitative estimate of drug-likeness (QED) is 0.631. The van der Waals surface area contributed by atoms with E-state index in [1.54, 1.807) is 0 Å². The molecule has 0 heterocycles. The van der Waals surface area contributed by atoms with Crippen LogP contribution in [0.4, 0.5) is 0 Å². The summed E-state index contributed by atoms with van der Waals surface area (Å²) in [7, 11) is 0. The third-order valence-electron chi connectivity index (χ3n) is 3.26. The standard InChI is InChI=1S/C13H26O3/c1-7-15-9-13(10(3)4,11(5)6)12(14)16-8-2/h10-11H,7-9H2,1-6H3. The van der Waals surface area contributed by atoms with Crippen molar-refractivity contribution in [2.75, 3.05) is 19.8 Å². The fraction of sp³-hybridized carbons (Fsp3) is 0.923. The van der Waals surface area contributed by atoms with Crippen molar-refractivity contribution in [3.63, 3.8) is 0 Å². The normalized spacial score (nSPS) is 12.2. The number of esters is 1. The number of ether oxygens (including phenoxy) is 2. The van der Waals surface area contributed by atoms with E-state index < -0.39 is 5.41 Å². The molecule has 0 aliphatic heterocycles. The zero-order valence-corrected chi connectivity index (χ0v) is 11.5. The fourth-order valence-electron chi connectivity index (χ4n) is 2.07. The van der Waals surface area contributed by atoms with Gasteiger partial charge >= 0.3 is 5.97 Å². The van der Waals surface area contributed by atoms with Crippen molar-refractivity contribution in [1.29, 1.82) is 0 Å².